The van der Waals surface area contributed by atoms with Crippen LogP contribution in [-0.2, 0) is 0 Å². The predicted octanol–water partition coefficient (Wildman–Crippen LogP) is 1.79. The molecule has 0 radical (unpaired) electrons. The Hall–Kier alpha value is -1.06. The highest BCUT2D eigenvalue weighted by Gasteiger charge is 2.10. The molecule has 2 N–H and O–H groups in total. The summed E-state index contributed by atoms with van der Waals surface area (Å²) in [6.07, 6.45) is -0.345. The van der Waals surface area contributed by atoms with Gasteiger partial charge < -0.3 is 15.3 Å². The van der Waals surface area contributed by atoms with Crippen LogP contribution in [0.25, 0.3) is 0 Å². The van der Waals surface area contributed by atoms with E-state index in [2.05, 4.69) is 43.1 Å². The molecule has 0 saturated heterocycles. The molecule has 0 aliphatic rings. The molecule has 0 saturated carbocycles. The number of nitrogens with one attached hydrogen (secondary N) is 1. The van der Waals surface area contributed by atoms with Crippen LogP contribution in [0.1, 0.15) is 19.4 Å². The molecule has 0 bridgehead atoms. The number of aryl methyl sites for hydroxylation is 1. The van der Waals surface area contributed by atoms with Crippen LogP contribution >= 0.6 is 0 Å². The second-order valence-electron chi connectivity index (χ2n) is 4.88. The van der Waals surface area contributed by atoms with Gasteiger partial charge in [0.15, 0.2) is 0 Å². The lowest BCUT2D eigenvalue weighted by molar-refractivity contribution is 0.175. The van der Waals surface area contributed by atoms with Crippen LogP contribution in [-0.4, -0.2) is 37.4 Å². The van der Waals surface area contributed by atoms with Crippen LogP contribution in [0.2, 0.25) is 0 Å². The molecule has 0 aliphatic carbocycles. The van der Waals surface area contributed by atoms with Gasteiger partial charge in [0, 0.05) is 31.9 Å². The highest BCUT2D eigenvalue weighted by molar-refractivity contribution is 5.52. The van der Waals surface area contributed by atoms with Gasteiger partial charge in [0.2, 0.25) is 0 Å². The standard InChI is InChI=1S/C14H24N2O/c1-11(2)15-9-13(17)10-16(4)14-8-6-5-7-12(14)3/h5-8,11,13,15,17H,9-10H2,1-4H3. The summed E-state index contributed by atoms with van der Waals surface area (Å²) in [5.74, 6) is 0. The van der Waals surface area contributed by atoms with E-state index in [0.717, 1.165) is 0 Å². The SMILES string of the molecule is Cc1ccccc1N(C)CC(O)CNC(C)C. The van der Waals surface area contributed by atoms with Crippen LogP contribution in [0.15, 0.2) is 24.3 Å². The van der Waals surface area contributed by atoms with Crippen molar-refractivity contribution in [3.63, 3.8) is 0 Å². The number of para-hydroxylation sites is 1. The third-order valence-corrected chi connectivity index (χ3v) is 2.77. The summed E-state index contributed by atoms with van der Waals surface area (Å²) < 4.78 is 0. The Kier molecular flexibility index (Phi) is 5.45. The monoisotopic (exact) mass is 236 g/mol. The van der Waals surface area contributed by atoms with Gasteiger partial charge in [0.25, 0.3) is 0 Å². The molecule has 0 aliphatic heterocycles. The van der Waals surface area contributed by atoms with Gasteiger partial charge in [-0.25, -0.2) is 0 Å². The number of hydrogen-bond donors (Lipinski definition) is 2. The number of rotatable bonds is 6. The van der Waals surface area contributed by atoms with Crippen molar-refractivity contribution in [2.75, 3.05) is 25.0 Å². The van der Waals surface area contributed by atoms with Crippen LogP contribution < -0.4 is 10.2 Å². The van der Waals surface area contributed by atoms with Crippen LogP contribution in [0.4, 0.5) is 5.69 Å². The van der Waals surface area contributed by atoms with Gasteiger partial charge in [-0.3, -0.25) is 0 Å². The predicted molar refractivity (Wildman–Crippen MR) is 73.6 cm³/mol. The van der Waals surface area contributed by atoms with Gasteiger partial charge in [0.05, 0.1) is 6.10 Å². The first-order chi connectivity index (χ1) is 8.00. The highest BCUT2D eigenvalue weighted by Crippen LogP contribution is 2.17. The summed E-state index contributed by atoms with van der Waals surface area (Å²) in [7, 11) is 2.01. The first-order valence-electron chi connectivity index (χ1n) is 6.19. The fourth-order valence-electron chi connectivity index (χ4n) is 1.84. The normalized spacial score (nSPS) is 12.8. The number of likely N-dealkylation sites (N-methyl/N-ethyl adjacent to an activating group) is 1. The van der Waals surface area contributed by atoms with Crippen molar-refractivity contribution in [2.45, 2.75) is 32.9 Å². The molecule has 0 fully saturated rings. The van der Waals surface area contributed by atoms with Crippen molar-refractivity contribution in [3.8, 4) is 0 Å². The van der Waals surface area contributed by atoms with Crippen LogP contribution in [0, 0.1) is 6.92 Å². The van der Waals surface area contributed by atoms with E-state index in [1.807, 2.05) is 19.2 Å². The van der Waals surface area contributed by atoms with Crippen molar-refractivity contribution in [1.82, 2.24) is 5.32 Å². The Morgan fingerprint density at radius 1 is 1.29 bits per heavy atom. The average molecular weight is 236 g/mol. The number of anilines is 1. The third kappa shape index (κ3) is 4.75. The molecular formula is C14H24N2O. The lowest BCUT2D eigenvalue weighted by Gasteiger charge is -2.25. The first-order valence-corrected chi connectivity index (χ1v) is 6.19. The van der Waals surface area contributed by atoms with Gasteiger partial charge >= 0.3 is 0 Å². The summed E-state index contributed by atoms with van der Waals surface area (Å²) in [4.78, 5) is 2.10. The van der Waals surface area contributed by atoms with E-state index < -0.39 is 0 Å². The topological polar surface area (TPSA) is 35.5 Å². The zero-order chi connectivity index (χ0) is 12.8. The number of benzene rings is 1. The van der Waals surface area contributed by atoms with Gasteiger partial charge in [-0.15, -0.1) is 0 Å². The Morgan fingerprint density at radius 3 is 2.53 bits per heavy atom. The van der Waals surface area contributed by atoms with Gasteiger partial charge in [-0.05, 0) is 18.6 Å². The van der Waals surface area contributed by atoms with E-state index in [9.17, 15) is 5.11 Å². The molecule has 96 valence electrons. The first kappa shape index (κ1) is 14.0. The van der Waals surface area contributed by atoms with Gasteiger partial charge in [-0.1, -0.05) is 32.0 Å². The molecule has 0 heterocycles. The van der Waals surface area contributed by atoms with Crippen molar-refractivity contribution in [1.29, 1.82) is 0 Å². The zero-order valence-corrected chi connectivity index (χ0v) is 11.3. The van der Waals surface area contributed by atoms with Gasteiger partial charge in [0.1, 0.15) is 0 Å². The Morgan fingerprint density at radius 2 is 1.94 bits per heavy atom. The summed E-state index contributed by atoms with van der Waals surface area (Å²) >= 11 is 0. The summed E-state index contributed by atoms with van der Waals surface area (Å²) in [6, 6.07) is 8.64. The second kappa shape index (κ2) is 6.62. The largest absolute Gasteiger partial charge is 0.390 e. The molecule has 1 rings (SSSR count). The summed E-state index contributed by atoms with van der Waals surface area (Å²) in [6.45, 7) is 7.53. The third-order valence-electron chi connectivity index (χ3n) is 2.77. The second-order valence-corrected chi connectivity index (χ2v) is 4.88. The Bertz CT molecular complexity index is 339. The molecule has 17 heavy (non-hydrogen) atoms. The van der Waals surface area contributed by atoms with Crippen molar-refractivity contribution >= 4 is 5.69 Å². The van der Waals surface area contributed by atoms with Crippen LogP contribution in [0.5, 0.6) is 0 Å². The molecule has 3 nitrogen and oxygen atoms in total. The smallest absolute Gasteiger partial charge is 0.0839 e. The van der Waals surface area contributed by atoms with Crippen molar-refractivity contribution in [2.24, 2.45) is 0 Å². The number of hydrogen-bond acceptors (Lipinski definition) is 3. The molecule has 1 unspecified atom stereocenters. The summed E-state index contributed by atoms with van der Waals surface area (Å²) in [5.41, 5.74) is 2.41. The molecule has 0 spiro atoms. The molecule has 0 amide bonds. The van der Waals surface area contributed by atoms with E-state index >= 15 is 0 Å². The van der Waals surface area contributed by atoms with E-state index in [-0.39, 0.29) is 6.10 Å². The Balaban J connectivity index is 2.49. The van der Waals surface area contributed by atoms with Crippen LogP contribution in [0.3, 0.4) is 0 Å². The average Bonchev–Trinajstić information content (AvgIpc) is 2.26. The highest BCUT2D eigenvalue weighted by atomic mass is 16.3. The molecule has 1 aromatic rings. The van der Waals surface area contributed by atoms with E-state index in [4.69, 9.17) is 0 Å². The maximum absolute atomic E-state index is 9.92. The molecule has 1 atom stereocenters. The van der Waals surface area contributed by atoms with E-state index in [1.165, 1.54) is 11.3 Å². The maximum Gasteiger partial charge on any atom is 0.0839 e. The quantitative estimate of drug-likeness (QED) is 0.790. The fourth-order valence-corrected chi connectivity index (χ4v) is 1.84. The van der Waals surface area contributed by atoms with Crippen molar-refractivity contribution in [3.05, 3.63) is 29.8 Å². The molecular weight excluding hydrogens is 212 g/mol. The summed E-state index contributed by atoms with van der Waals surface area (Å²) in [5, 5.41) is 13.2. The Labute approximate surface area is 104 Å². The lowest BCUT2D eigenvalue weighted by Crippen LogP contribution is -2.39. The van der Waals surface area contributed by atoms with E-state index in [1.54, 1.807) is 0 Å². The maximum atomic E-state index is 9.92. The van der Waals surface area contributed by atoms with Gasteiger partial charge in [-0.2, -0.15) is 0 Å². The fraction of sp³-hybridized carbons (Fsp3) is 0.571. The molecule has 3 heteroatoms. The van der Waals surface area contributed by atoms with Crippen molar-refractivity contribution < 1.29 is 5.11 Å². The lowest BCUT2D eigenvalue weighted by atomic mass is 10.2. The molecule has 1 aromatic carbocycles. The van der Waals surface area contributed by atoms with E-state index in [0.29, 0.717) is 19.1 Å². The minimum Gasteiger partial charge on any atom is -0.390 e. The number of nitrogens with zero attached hydrogens (tertiary/aromatic N) is 1. The minimum absolute atomic E-state index is 0.345. The zero-order valence-electron chi connectivity index (χ0n) is 11.3. The molecule has 0 aromatic heterocycles. The number of aliphatic hydroxyl groups is 1. The number of aliphatic hydroxyl groups excluding tert-OH is 1. The minimum atomic E-state index is -0.345.